The number of hydrogen-bond donors (Lipinski definition) is 1. The van der Waals surface area contributed by atoms with E-state index >= 15 is 0 Å². The van der Waals surface area contributed by atoms with Crippen molar-refractivity contribution in [3.05, 3.63) is 47.0 Å². The Balaban J connectivity index is 1.74. The molecule has 1 aliphatic carbocycles. The first kappa shape index (κ1) is 19.5. The standard InChI is InChI=1S/C20H29N5O2/c1-4-25-18-6-5-16(24(2)11-12-27-3)13-17(18)19(23-25)20(26)22-14-15-7-9-21-10-8-15/h7-10,16H,4-6,11-14H2,1-3H3,(H,22,26)/t16-/m1/s1. The van der Waals surface area contributed by atoms with Gasteiger partial charge in [0.2, 0.25) is 0 Å². The van der Waals surface area contributed by atoms with Crippen LogP contribution in [0.3, 0.4) is 0 Å². The second-order valence-corrected chi connectivity index (χ2v) is 7.00. The first-order valence-corrected chi connectivity index (χ1v) is 9.58. The molecule has 2 aromatic rings. The van der Waals surface area contributed by atoms with Crippen LogP contribution in [0.4, 0.5) is 0 Å². The second kappa shape index (κ2) is 9.10. The van der Waals surface area contributed by atoms with Gasteiger partial charge in [0, 0.05) is 56.4 Å². The molecule has 0 saturated heterocycles. The highest BCUT2D eigenvalue weighted by Crippen LogP contribution is 2.27. The van der Waals surface area contributed by atoms with Gasteiger partial charge in [0.05, 0.1) is 6.61 Å². The smallest absolute Gasteiger partial charge is 0.272 e. The lowest BCUT2D eigenvalue weighted by atomic mass is 9.90. The molecule has 1 amide bonds. The number of hydrogen-bond acceptors (Lipinski definition) is 5. The molecule has 7 nitrogen and oxygen atoms in total. The molecular formula is C20H29N5O2. The molecule has 0 fully saturated rings. The minimum absolute atomic E-state index is 0.101. The zero-order valence-corrected chi connectivity index (χ0v) is 16.4. The number of rotatable bonds is 8. The van der Waals surface area contributed by atoms with E-state index in [9.17, 15) is 4.79 Å². The number of likely N-dealkylation sites (N-methyl/N-ethyl adjacent to an activating group) is 1. The third-order valence-corrected chi connectivity index (χ3v) is 5.31. The van der Waals surface area contributed by atoms with E-state index in [4.69, 9.17) is 4.74 Å². The lowest BCUT2D eigenvalue weighted by molar-refractivity contribution is 0.0942. The van der Waals surface area contributed by atoms with Crippen LogP contribution >= 0.6 is 0 Å². The summed E-state index contributed by atoms with van der Waals surface area (Å²) in [5, 5.41) is 7.63. The van der Waals surface area contributed by atoms with Crippen LogP contribution in [0.15, 0.2) is 24.5 Å². The molecule has 1 aliphatic rings. The number of pyridine rings is 1. The van der Waals surface area contributed by atoms with Crippen LogP contribution in [-0.2, 0) is 30.7 Å². The summed E-state index contributed by atoms with van der Waals surface area (Å²) in [4.78, 5) is 19.2. The fraction of sp³-hybridized carbons (Fsp3) is 0.550. The van der Waals surface area contributed by atoms with E-state index in [1.807, 2.05) is 16.8 Å². The predicted molar refractivity (Wildman–Crippen MR) is 104 cm³/mol. The van der Waals surface area contributed by atoms with Crippen molar-refractivity contribution < 1.29 is 9.53 Å². The third-order valence-electron chi connectivity index (χ3n) is 5.31. The fourth-order valence-corrected chi connectivity index (χ4v) is 3.67. The van der Waals surface area contributed by atoms with E-state index in [0.717, 1.165) is 43.5 Å². The first-order chi connectivity index (χ1) is 13.1. The van der Waals surface area contributed by atoms with E-state index in [1.165, 1.54) is 5.69 Å². The minimum Gasteiger partial charge on any atom is -0.383 e. The summed E-state index contributed by atoms with van der Waals surface area (Å²) in [5.41, 5.74) is 3.91. The molecule has 2 heterocycles. The Morgan fingerprint density at radius 3 is 2.89 bits per heavy atom. The molecule has 0 spiro atoms. The minimum atomic E-state index is -0.101. The number of nitrogens with zero attached hydrogens (tertiary/aromatic N) is 4. The van der Waals surface area contributed by atoms with E-state index < -0.39 is 0 Å². The zero-order valence-electron chi connectivity index (χ0n) is 16.4. The SMILES string of the molecule is CCn1nc(C(=O)NCc2ccncc2)c2c1CC[C@@H](N(C)CCOC)C2. The number of ether oxygens (including phenoxy) is 1. The quantitative estimate of drug-likeness (QED) is 0.764. The van der Waals surface area contributed by atoms with Crippen molar-refractivity contribution in [2.75, 3.05) is 27.3 Å². The van der Waals surface area contributed by atoms with Gasteiger partial charge in [0.25, 0.3) is 5.91 Å². The monoisotopic (exact) mass is 371 g/mol. The summed E-state index contributed by atoms with van der Waals surface area (Å²) in [6.07, 6.45) is 6.35. The van der Waals surface area contributed by atoms with Gasteiger partial charge in [-0.2, -0.15) is 5.10 Å². The second-order valence-electron chi connectivity index (χ2n) is 7.00. The van der Waals surface area contributed by atoms with Crippen molar-refractivity contribution in [1.82, 2.24) is 25.0 Å². The number of carbonyl (C=O) groups is 1. The van der Waals surface area contributed by atoms with E-state index in [-0.39, 0.29) is 5.91 Å². The van der Waals surface area contributed by atoms with Gasteiger partial charge in [-0.1, -0.05) is 0 Å². The Labute approximate surface area is 160 Å². The van der Waals surface area contributed by atoms with Crippen molar-refractivity contribution in [2.45, 2.75) is 45.3 Å². The van der Waals surface area contributed by atoms with Crippen LogP contribution in [0.25, 0.3) is 0 Å². The molecule has 0 unspecified atom stereocenters. The van der Waals surface area contributed by atoms with E-state index in [0.29, 0.717) is 24.9 Å². The van der Waals surface area contributed by atoms with Crippen LogP contribution in [-0.4, -0.2) is 58.9 Å². The molecule has 1 atom stereocenters. The zero-order chi connectivity index (χ0) is 19.2. The maximum atomic E-state index is 12.8. The molecule has 0 saturated carbocycles. The number of carbonyl (C=O) groups excluding carboxylic acids is 1. The highest BCUT2D eigenvalue weighted by atomic mass is 16.5. The summed E-state index contributed by atoms with van der Waals surface area (Å²) in [5.74, 6) is -0.101. The van der Waals surface area contributed by atoms with E-state index in [2.05, 4.69) is 34.3 Å². The van der Waals surface area contributed by atoms with Gasteiger partial charge in [-0.15, -0.1) is 0 Å². The molecule has 2 aromatic heterocycles. The highest BCUT2D eigenvalue weighted by Gasteiger charge is 2.30. The fourth-order valence-electron chi connectivity index (χ4n) is 3.67. The van der Waals surface area contributed by atoms with Crippen molar-refractivity contribution in [3.63, 3.8) is 0 Å². The summed E-state index contributed by atoms with van der Waals surface area (Å²) < 4.78 is 7.19. The van der Waals surface area contributed by atoms with Gasteiger partial charge in [0.15, 0.2) is 5.69 Å². The Hall–Kier alpha value is -2.25. The Morgan fingerprint density at radius 1 is 1.41 bits per heavy atom. The molecule has 7 heteroatoms. The average molecular weight is 371 g/mol. The molecule has 0 aliphatic heterocycles. The molecule has 3 rings (SSSR count). The number of aromatic nitrogens is 3. The Bertz CT molecular complexity index is 759. The van der Waals surface area contributed by atoms with Crippen molar-refractivity contribution in [1.29, 1.82) is 0 Å². The third kappa shape index (κ3) is 4.54. The van der Waals surface area contributed by atoms with Crippen molar-refractivity contribution in [2.24, 2.45) is 0 Å². The maximum Gasteiger partial charge on any atom is 0.272 e. The lowest BCUT2D eigenvalue weighted by Gasteiger charge is -2.31. The highest BCUT2D eigenvalue weighted by molar-refractivity contribution is 5.94. The Morgan fingerprint density at radius 2 is 2.19 bits per heavy atom. The van der Waals surface area contributed by atoms with Gasteiger partial charge in [-0.3, -0.25) is 14.5 Å². The maximum absolute atomic E-state index is 12.8. The number of methoxy groups -OCH3 is 1. The van der Waals surface area contributed by atoms with Crippen LogP contribution in [0.1, 0.15) is 40.7 Å². The average Bonchev–Trinajstić information content (AvgIpc) is 3.09. The number of aryl methyl sites for hydroxylation is 1. The van der Waals surface area contributed by atoms with Gasteiger partial charge in [-0.05, 0) is 50.9 Å². The summed E-state index contributed by atoms with van der Waals surface area (Å²) in [7, 11) is 3.85. The van der Waals surface area contributed by atoms with Crippen molar-refractivity contribution >= 4 is 5.91 Å². The molecule has 1 N–H and O–H groups in total. The normalized spacial score (nSPS) is 16.4. The number of nitrogens with one attached hydrogen (secondary N) is 1. The van der Waals surface area contributed by atoms with Gasteiger partial charge in [-0.25, -0.2) is 0 Å². The largest absolute Gasteiger partial charge is 0.383 e. The summed E-state index contributed by atoms with van der Waals surface area (Å²) >= 11 is 0. The van der Waals surface area contributed by atoms with Gasteiger partial charge in [0.1, 0.15) is 0 Å². The van der Waals surface area contributed by atoms with Crippen LogP contribution in [0.5, 0.6) is 0 Å². The predicted octanol–water partition coefficient (Wildman–Crippen LogP) is 1.66. The van der Waals surface area contributed by atoms with Gasteiger partial charge >= 0.3 is 0 Å². The Kier molecular flexibility index (Phi) is 6.58. The summed E-state index contributed by atoms with van der Waals surface area (Å²) in [6, 6.07) is 4.22. The van der Waals surface area contributed by atoms with Gasteiger partial charge < -0.3 is 15.0 Å². The number of amides is 1. The van der Waals surface area contributed by atoms with E-state index in [1.54, 1.807) is 19.5 Å². The molecule has 0 radical (unpaired) electrons. The van der Waals surface area contributed by atoms with Crippen LogP contribution < -0.4 is 5.32 Å². The molecule has 0 bridgehead atoms. The first-order valence-electron chi connectivity index (χ1n) is 9.58. The molecule has 0 aromatic carbocycles. The molecule has 146 valence electrons. The van der Waals surface area contributed by atoms with Crippen molar-refractivity contribution in [3.8, 4) is 0 Å². The topological polar surface area (TPSA) is 72.3 Å². The van der Waals surface area contributed by atoms with Crippen LogP contribution in [0, 0.1) is 0 Å². The summed E-state index contributed by atoms with van der Waals surface area (Å²) in [6.45, 7) is 4.94. The van der Waals surface area contributed by atoms with Crippen LogP contribution in [0.2, 0.25) is 0 Å². The molecule has 27 heavy (non-hydrogen) atoms. The lowest BCUT2D eigenvalue weighted by Crippen LogP contribution is -2.39. The number of fused-ring (bicyclic) bond motifs is 1. The molecular weight excluding hydrogens is 342 g/mol.